The van der Waals surface area contributed by atoms with Gasteiger partial charge in [0.1, 0.15) is 0 Å². The van der Waals surface area contributed by atoms with Crippen LogP contribution in [0.5, 0.6) is 0 Å². The predicted octanol–water partition coefficient (Wildman–Crippen LogP) is 4.02. The van der Waals surface area contributed by atoms with Crippen LogP contribution in [0.4, 0.5) is 0 Å². The van der Waals surface area contributed by atoms with E-state index in [0.717, 1.165) is 0 Å². The molecule has 0 radical (unpaired) electrons. The van der Waals surface area contributed by atoms with Crippen LogP contribution in [0.3, 0.4) is 0 Å². The summed E-state index contributed by atoms with van der Waals surface area (Å²) in [5.41, 5.74) is 2.63. The highest BCUT2D eigenvalue weighted by Gasteiger charge is 2.25. The number of ketones is 1. The number of carbonyl (C=O) groups excluding carboxylic acids is 1. The molecule has 3 rings (SSSR count). The molecule has 0 bridgehead atoms. The van der Waals surface area contributed by atoms with Crippen molar-refractivity contribution in [2.45, 2.75) is 24.9 Å². The van der Waals surface area contributed by atoms with Crippen molar-refractivity contribution < 1.29 is 13.2 Å². The van der Waals surface area contributed by atoms with Crippen LogP contribution in [-0.4, -0.2) is 18.5 Å². The molecule has 0 amide bonds. The van der Waals surface area contributed by atoms with E-state index in [-0.39, 0.29) is 23.8 Å². The third-order valence-electron chi connectivity index (χ3n) is 4.73. The number of rotatable bonds is 7. The lowest BCUT2D eigenvalue weighted by Gasteiger charge is -2.23. The van der Waals surface area contributed by atoms with E-state index < -0.39 is 10.0 Å². The molecule has 3 aromatic carbocycles. The van der Waals surface area contributed by atoms with Crippen LogP contribution in [0.15, 0.2) is 77.7 Å². The molecule has 0 atom stereocenters. The van der Waals surface area contributed by atoms with Crippen molar-refractivity contribution in [2.75, 3.05) is 0 Å². The molecule has 31 heavy (non-hydrogen) atoms. The topological polar surface area (TPSA) is 102 Å². The highest BCUT2D eigenvalue weighted by Crippen LogP contribution is 2.22. The summed E-state index contributed by atoms with van der Waals surface area (Å²) in [6, 6.07) is 23.4. The Bertz CT molecular complexity index is 1240. The van der Waals surface area contributed by atoms with Crippen LogP contribution in [0.1, 0.15) is 39.5 Å². The van der Waals surface area contributed by atoms with Crippen molar-refractivity contribution in [1.29, 1.82) is 10.5 Å². The summed E-state index contributed by atoms with van der Waals surface area (Å²) in [5, 5.41) is 18.3. The van der Waals surface area contributed by atoms with Gasteiger partial charge in [-0.1, -0.05) is 36.4 Å². The fraction of sp³-hybridized carbons (Fsp3) is 0.125. The molecule has 3 aromatic rings. The van der Waals surface area contributed by atoms with Gasteiger partial charge in [0, 0.05) is 18.7 Å². The fourth-order valence-corrected chi connectivity index (χ4v) is 4.54. The second-order valence-corrected chi connectivity index (χ2v) is 8.92. The Kier molecular flexibility index (Phi) is 6.61. The lowest BCUT2D eigenvalue weighted by Crippen LogP contribution is -2.30. The molecule has 154 valence electrons. The molecule has 0 saturated carbocycles. The van der Waals surface area contributed by atoms with E-state index in [4.69, 9.17) is 10.5 Å². The van der Waals surface area contributed by atoms with Gasteiger partial charge in [0.2, 0.25) is 10.0 Å². The Morgan fingerprint density at radius 2 is 1.32 bits per heavy atom. The smallest absolute Gasteiger partial charge is 0.243 e. The largest absolute Gasteiger partial charge is 0.295 e. The highest BCUT2D eigenvalue weighted by atomic mass is 32.2. The van der Waals surface area contributed by atoms with Gasteiger partial charge in [-0.3, -0.25) is 4.79 Å². The molecule has 0 aliphatic carbocycles. The average Bonchev–Trinajstić information content (AvgIpc) is 2.79. The van der Waals surface area contributed by atoms with Gasteiger partial charge < -0.3 is 0 Å². The van der Waals surface area contributed by atoms with Crippen LogP contribution in [0.25, 0.3) is 0 Å². The van der Waals surface area contributed by atoms with E-state index >= 15 is 0 Å². The molecule has 0 aliphatic heterocycles. The molecular weight excluding hydrogens is 410 g/mol. The first-order valence-corrected chi connectivity index (χ1v) is 10.9. The van der Waals surface area contributed by atoms with Crippen LogP contribution in [0.2, 0.25) is 0 Å². The van der Waals surface area contributed by atoms with Crippen molar-refractivity contribution in [3.05, 3.63) is 101 Å². The van der Waals surface area contributed by atoms with Gasteiger partial charge in [0.15, 0.2) is 5.78 Å². The second-order valence-electron chi connectivity index (χ2n) is 6.98. The Morgan fingerprint density at radius 1 is 0.839 bits per heavy atom. The van der Waals surface area contributed by atoms with Crippen molar-refractivity contribution in [1.82, 2.24) is 4.31 Å². The molecule has 0 fully saturated rings. The lowest BCUT2D eigenvalue weighted by molar-refractivity contribution is 0.101. The summed E-state index contributed by atoms with van der Waals surface area (Å²) in [6.45, 7) is 1.51. The Morgan fingerprint density at radius 3 is 1.74 bits per heavy atom. The molecule has 0 heterocycles. The van der Waals surface area contributed by atoms with Crippen LogP contribution < -0.4 is 0 Å². The normalized spacial score (nSPS) is 11.0. The van der Waals surface area contributed by atoms with Crippen LogP contribution in [0, 0.1) is 22.7 Å². The number of nitrogens with zero attached hydrogens (tertiary/aromatic N) is 3. The molecule has 0 aliphatic rings. The van der Waals surface area contributed by atoms with Crippen LogP contribution in [-0.2, 0) is 23.1 Å². The zero-order chi connectivity index (χ0) is 22.4. The van der Waals surface area contributed by atoms with Gasteiger partial charge in [0.25, 0.3) is 0 Å². The Labute approximate surface area is 181 Å². The molecule has 0 N–H and O–H groups in total. The van der Waals surface area contributed by atoms with E-state index in [0.29, 0.717) is 27.8 Å². The molecular formula is C24H19N3O3S. The third kappa shape index (κ3) is 5.23. The Balaban J connectivity index is 2.01. The molecule has 0 spiro atoms. The molecule has 7 heteroatoms. The average molecular weight is 430 g/mol. The third-order valence-corrected chi connectivity index (χ3v) is 6.53. The quantitative estimate of drug-likeness (QED) is 0.528. The maximum atomic E-state index is 13.4. The number of benzene rings is 3. The van der Waals surface area contributed by atoms with Gasteiger partial charge in [0.05, 0.1) is 28.2 Å². The minimum absolute atomic E-state index is 0.0447. The number of hydrogen-bond acceptors (Lipinski definition) is 5. The minimum Gasteiger partial charge on any atom is -0.295 e. The molecule has 0 unspecified atom stereocenters. The zero-order valence-corrected chi connectivity index (χ0v) is 17.6. The number of hydrogen-bond donors (Lipinski definition) is 0. The fourth-order valence-electron chi connectivity index (χ4n) is 3.12. The van der Waals surface area contributed by atoms with Gasteiger partial charge >= 0.3 is 0 Å². The predicted molar refractivity (Wildman–Crippen MR) is 115 cm³/mol. The van der Waals surface area contributed by atoms with Gasteiger partial charge in [-0.05, 0) is 54.4 Å². The molecule has 0 aromatic heterocycles. The van der Waals surface area contributed by atoms with Gasteiger partial charge in [-0.2, -0.15) is 14.8 Å². The van der Waals surface area contributed by atoms with Crippen molar-refractivity contribution in [3.63, 3.8) is 0 Å². The SMILES string of the molecule is CC(=O)c1ccc(S(=O)(=O)N(Cc2cccc(C#N)c2)Cc2cccc(C#N)c2)cc1. The van der Waals surface area contributed by atoms with Gasteiger partial charge in [-0.15, -0.1) is 0 Å². The molecule has 0 saturated heterocycles. The lowest BCUT2D eigenvalue weighted by atomic mass is 10.1. The van der Waals surface area contributed by atoms with Crippen molar-refractivity contribution in [2.24, 2.45) is 0 Å². The summed E-state index contributed by atoms with van der Waals surface area (Å²) in [6.07, 6.45) is 0. The van der Waals surface area contributed by atoms with E-state index in [2.05, 4.69) is 12.1 Å². The first kappa shape index (κ1) is 21.9. The minimum atomic E-state index is -3.92. The van der Waals surface area contributed by atoms with E-state index in [1.54, 1.807) is 48.5 Å². The van der Waals surface area contributed by atoms with E-state index in [1.165, 1.54) is 35.5 Å². The zero-order valence-electron chi connectivity index (χ0n) is 16.8. The Hall–Kier alpha value is -3.78. The van der Waals surface area contributed by atoms with E-state index in [1.807, 2.05) is 0 Å². The van der Waals surface area contributed by atoms with Crippen molar-refractivity contribution in [3.8, 4) is 12.1 Å². The summed E-state index contributed by atoms with van der Waals surface area (Å²) in [4.78, 5) is 11.6. The summed E-state index contributed by atoms with van der Waals surface area (Å²) in [7, 11) is -3.92. The summed E-state index contributed by atoms with van der Waals surface area (Å²) < 4.78 is 28.2. The number of Topliss-reactive ketones (excluding diaryl/α,β-unsaturated/α-hetero) is 1. The maximum absolute atomic E-state index is 13.4. The highest BCUT2D eigenvalue weighted by molar-refractivity contribution is 7.89. The number of sulfonamides is 1. The van der Waals surface area contributed by atoms with Crippen molar-refractivity contribution >= 4 is 15.8 Å². The maximum Gasteiger partial charge on any atom is 0.243 e. The second kappa shape index (κ2) is 9.36. The molecule has 6 nitrogen and oxygen atoms in total. The first-order valence-electron chi connectivity index (χ1n) is 9.43. The number of nitriles is 2. The standard InChI is InChI=1S/C24H19N3O3S/c1-18(28)23-8-10-24(11-9-23)31(29,30)27(16-21-6-2-4-19(12-21)14-25)17-22-7-3-5-20(13-22)15-26/h2-13H,16-17H2,1H3. The first-order chi connectivity index (χ1) is 14.8. The van der Waals surface area contributed by atoms with Crippen LogP contribution >= 0.6 is 0 Å². The van der Waals surface area contributed by atoms with E-state index in [9.17, 15) is 13.2 Å². The monoisotopic (exact) mass is 429 g/mol. The summed E-state index contributed by atoms with van der Waals surface area (Å²) >= 11 is 0. The number of carbonyl (C=O) groups is 1. The van der Waals surface area contributed by atoms with Gasteiger partial charge in [-0.25, -0.2) is 8.42 Å². The summed E-state index contributed by atoms with van der Waals surface area (Å²) in [5.74, 6) is -0.151.